The number of nitrogens with two attached hydrogens (primary N) is 1. The van der Waals surface area contributed by atoms with E-state index in [2.05, 4.69) is 53.4 Å². The predicted octanol–water partition coefficient (Wildman–Crippen LogP) is 3.06. The number of benzene rings is 1. The molecule has 0 spiro atoms. The summed E-state index contributed by atoms with van der Waals surface area (Å²) in [4.78, 5) is 9.19. The van der Waals surface area contributed by atoms with Gasteiger partial charge in [-0.25, -0.2) is 9.97 Å². The van der Waals surface area contributed by atoms with Crippen molar-refractivity contribution in [2.24, 2.45) is 5.73 Å². The lowest BCUT2D eigenvalue weighted by Gasteiger charge is -2.32. The average molecular weight is 326 g/mol. The van der Waals surface area contributed by atoms with Crippen LogP contribution >= 0.6 is 0 Å². The largest absolute Gasteiger partial charge is 0.377 e. The summed E-state index contributed by atoms with van der Waals surface area (Å²) in [5, 5.41) is 3.42. The van der Waals surface area contributed by atoms with Gasteiger partial charge in [0.2, 0.25) is 0 Å². The topological polar surface area (TPSA) is 73.1 Å². The Morgan fingerprint density at radius 3 is 2.62 bits per heavy atom. The molecule has 0 atom stereocenters. The second-order valence-corrected chi connectivity index (χ2v) is 6.73. The summed E-state index contributed by atoms with van der Waals surface area (Å²) in [7, 11) is 1.66. The minimum Gasteiger partial charge on any atom is -0.377 e. The predicted molar refractivity (Wildman–Crippen MR) is 95.9 cm³/mol. The van der Waals surface area contributed by atoms with Crippen LogP contribution in [0.25, 0.3) is 0 Å². The zero-order chi connectivity index (χ0) is 17.1. The van der Waals surface area contributed by atoms with Crippen molar-refractivity contribution in [2.45, 2.75) is 51.8 Å². The molecule has 1 saturated carbocycles. The number of nitrogens with one attached hydrogen (secondary N) is 1. The highest BCUT2D eigenvalue weighted by atomic mass is 16.5. The number of anilines is 1. The fraction of sp³-hybridized carbons (Fsp3) is 0.474. The van der Waals surface area contributed by atoms with Gasteiger partial charge in [-0.1, -0.05) is 18.2 Å². The highest BCUT2D eigenvalue weighted by Gasteiger charge is 2.29. The van der Waals surface area contributed by atoms with Gasteiger partial charge in [-0.3, -0.25) is 0 Å². The van der Waals surface area contributed by atoms with Crippen LogP contribution in [0.15, 0.2) is 24.3 Å². The van der Waals surface area contributed by atoms with E-state index in [-0.39, 0.29) is 0 Å². The number of rotatable bonds is 6. The molecular weight excluding hydrogens is 300 g/mol. The molecule has 0 bridgehead atoms. The fourth-order valence-electron chi connectivity index (χ4n) is 3.02. The van der Waals surface area contributed by atoms with Crippen LogP contribution in [0.3, 0.4) is 0 Å². The number of ether oxygens (including phenoxy) is 1. The first-order valence-electron chi connectivity index (χ1n) is 8.47. The Hall–Kier alpha value is -1.98. The highest BCUT2D eigenvalue weighted by molar-refractivity contribution is 5.40. The summed E-state index contributed by atoms with van der Waals surface area (Å²) in [6.07, 6.45) is 2.00. The van der Waals surface area contributed by atoms with Crippen LogP contribution in [0, 0.1) is 13.8 Å². The molecule has 1 aromatic carbocycles. The Labute approximate surface area is 143 Å². The first kappa shape index (κ1) is 16.9. The van der Waals surface area contributed by atoms with E-state index in [4.69, 9.17) is 10.5 Å². The van der Waals surface area contributed by atoms with E-state index in [0.29, 0.717) is 18.6 Å². The molecule has 128 valence electrons. The minimum absolute atomic E-state index is 0.308. The van der Waals surface area contributed by atoms with Gasteiger partial charge >= 0.3 is 0 Å². The zero-order valence-electron chi connectivity index (χ0n) is 14.7. The van der Waals surface area contributed by atoms with Crippen molar-refractivity contribution in [2.75, 3.05) is 12.4 Å². The maximum atomic E-state index is 5.92. The van der Waals surface area contributed by atoms with Gasteiger partial charge in [0, 0.05) is 37.4 Å². The van der Waals surface area contributed by atoms with Crippen LogP contribution in [0.4, 0.5) is 5.82 Å². The van der Waals surface area contributed by atoms with E-state index < -0.39 is 0 Å². The third-order valence-electron chi connectivity index (χ3n) is 4.70. The molecule has 0 aliphatic heterocycles. The number of hydrogen-bond donors (Lipinski definition) is 2. The maximum Gasteiger partial charge on any atom is 0.156 e. The number of hydrogen-bond acceptors (Lipinski definition) is 5. The number of aryl methyl sites for hydroxylation is 2. The molecule has 0 amide bonds. The van der Waals surface area contributed by atoms with Crippen LogP contribution in [0.5, 0.6) is 0 Å². The van der Waals surface area contributed by atoms with Crippen LogP contribution in [0.1, 0.15) is 47.0 Å². The van der Waals surface area contributed by atoms with Crippen molar-refractivity contribution < 1.29 is 4.74 Å². The van der Waals surface area contributed by atoms with Crippen LogP contribution < -0.4 is 11.1 Å². The first-order valence-corrected chi connectivity index (χ1v) is 8.47. The average Bonchev–Trinajstić information content (AvgIpc) is 2.53. The van der Waals surface area contributed by atoms with Gasteiger partial charge in [0.15, 0.2) is 5.82 Å². The third kappa shape index (κ3) is 3.91. The van der Waals surface area contributed by atoms with Gasteiger partial charge in [-0.2, -0.15) is 0 Å². The summed E-state index contributed by atoms with van der Waals surface area (Å²) < 4.78 is 5.20. The van der Waals surface area contributed by atoms with E-state index in [0.717, 1.165) is 36.7 Å². The highest BCUT2D eigenvalue weighted by Crippen LogP contribution is 2.35. The number of methoxy groups -OCH3 is 1. The third-order valence-corrected chi connectivity index (χ3v) is 4.70. The molecule has 1 aliphatic carbocycles. The summed E-state index contributed by atoms with van der Waals surface area (Å²) >= 11 is 0. The van der Waals surface area contributed by atoms with E-state index in [1.165, 1.54) is 16.7 Å². The quantitative estimate of drug-likeness (QED) is 0.853. The lowest BCUT2D eigenvalue weighted by molar-refractivity contribution is 0.177. The van der Waals surface area contributed by atoms with Crippen LogP contribution in [-0.4, -0.2) is 23.1 Å². The maximum absolute atomic E-state index is 5.92. The normalized spacial score (nSPS) is 19.8. The zero-order valence-corrected chi connectivity index (χ0v) is 14.7. The number of aromatic nitrogens is 2. The summed E-state index contributed by atoms with van der Waals surface area (Å²) in [6.45, 7) is 5.43. The van der Waals surface area contributed by atoms with Gasteiger partial charge < -0.3 is 15.8 Å². The molecule has 5 heteroatoms. The second kappa shape index (κ2) is 7.28. The molecule has 0 unspecified atom stereocenters. The van der Waals surface area contributed by atoms with Gasteiger partial charge in [-0.05, 0) is 43.4 Å². The Morgan fingerprint density at radius 1 is 1.17 bits per heavy atom. The van der Waals surface area contributed by atoms with Crippen molar-refractivity contribution in [3.63, 3.8) is 0 Å². The van der Waals surface area contributed by atoms with Gasteiger partial charge in [-0.15, -0.1) is 0 Å². The SMILES string of the molecule is COCc1nc(NCc2ccc(C)c(C)c2)cc(C2CC(N)C2)n1. The Balaban J connectivity index is 1.74. The lowest BCUT2D eigenvalue weighted by atomic mass is 9.78. The Kier molecular flexibility index (Phi) is 5.11. The standard InChI is InChI=1S/C19H26N4O/c1-12-4-5-14(6-13(12)2)10-21-18-9-17(15-7-16(20)8-15)22-19(23-18)11-24-3/h4-6,9,15-16H,7-8,10-11,20H2,1-3H3,(H,21,22,23). The summed E-state index contributed by atoms with van der Waals surface area (Å²) in [6, 6.07) is 8.88. The van der Waals surface area contributed by atoms with Crippen LogP contribution in [0.2, 0.25) is 0 Å². The fourth-order valence-corrected chi connectivity index (χ4v) is 3.02. The molecule has 24 heavy (non-hydrogen) atoms. The summed E-state index contributed by atoms with van der Waals surface area (Å²) in [5.41, 5.74) is 10.9. The molecular formula is C19H26N4O. The molecule has 5 nitrogen and oxygen atoms in total. The minimum atomic E-state index is 0.308. The van der Waals surface area contributed by atoms with Crippen molar-refractivity contribution >= 4 is 5.82 Å². The molecule has 0 saturated heterocycles. The van der Waals surface area contributed by atoms with E-state index in [9.17, 15) is 0 Å². The van der Waals surface area contributed by atoms with E-state index in [1.54, 1.807) is 7.11 Å². The van der Waals surface area contributed by atoms with Gasteiger partial charge in [0.25, 0.3) is 0 Å². The molecule has 1 heterocycles. The van der Waals surface area contributed by atoms with E-state index in [1.807, 2.05) is 0 Å². The molecule has 0 radical (unpaired) electrons. The summed E-state index contributed by atoms with van der Waals surface area (Å²) in [5.74, 6) is 2.02. The molecule has 3 rings (SSSR count). The van der Waals surface area contributed by atoms with Crippen molar-refractivity contribution in [1.82, 2.24) is 9.97 Å². The van der Waals surface area contributed by atoms with Gasteiger partial charge in [0.05, 0.1) is 0 Å². The van der Waals surface area contributed by atoms with Crippen molar-refractivity contribution in [3.8, 4) is 0 Å². The monoisotopic (exact) mass is 326 g/mol. The first-order chi connectivity index (χ1) is 11.5. The van der Waals surface area contributed by atoms with E-state index >= 15 is 0 Å². The molecule has 3 N–H and O–H groups in total. The molecule has 1 aromatic heterocycles. The lowest BCUT2D eigenvalue weighted by Crippen LogP contribution is -2.35. The van der Waals surface area contributed by atoms with Crippen LogP contribution in [-0.2, 0) is 17.9 Å². The van der Waals surface area contributed by atoms with Crippen molar-refractivity contribution in [3.05, 3.63) is 52.5 Å². The van der Waals surface area contributed by atoms with Crippen molar-refractivity contribution in [1.29, 1.82) is 0 Å². The number of nitrogens with zero attached hydrogens (tertiary/aromatic N) is 2. The Bertz CT molecular complexity index is 711. The molecule has 1 fully saturated rings. The van der Waals surface area contributed by atoms with Gasteiger partial charge in [0.1, 0.15) is 12.4 Å². The molecule has 1 aliphatic rings. The smallest absolute Gasteiger partial charge is 0.156 e. The molecule has 2 aromatic rings. The Morgan fingerprint density at radius 2 is 1.96 bits per heavy atom. The second-order valence-electron chi connectivity index (χ2n) is 6.73.